The molecule has 1 rings (SSSR count). The first-order chi connectivity index (χ1) is 8.04. The van der Waals surface area contributed by atoms with Crippen LogP contribution in [0.25, 0.3) is 0 Å². The van der Waals surface area contributed by atoms with Crippen LogP contribution in [0.1, 0.15) is 19.0 Å². The number of nitrogens with one attached hydrogen (secondary N) is 1. The number of hydrogen-bond acceptors (Lipinski definition) is 4. The van der Waals surface area contributed by atoms with Crippen molar-refractivity contribution in [1.29, 1.82) is 0 Å². The number of aryl methyl sites for hydroxylation is 2. The predicted octanol–water partition coefficient (Wildman–Crippen LogP) is 0.674. The van der Waals surface area contributed by atoms with Crippen LogP contribution in [0.15, 0.2) is 11.1 Å². The molecule has 0 bridgehead atoms. The van der Waals surface area contributed by atoms with E-state index in [9.17, 15) is 4.79 Å². The number of nitrogens with two attached hydrogens (primary N) is 1. The lowest BCUT2D eigenvalue weighted by Gasteiger charge is -2.14. The quantitative estimate of drug-likeness (QED) is 0.703. The molecule has 1 atom stereocenters. The van der Waals surface area contributed by atoms with Crippen molar-refractivity contribution < 1.29 is 4.79 Å². The van der Waals surface area contributed by atoms with Crippen LogP contribution >= 0.6 is 11.8 Å². The molecule has 1 unspecified atom stereocenters. The first kappa shape index (κ1) is 14.1. The molecule has 0 radical (unpaired) electrons. The summed E-state index contributed by atoms with van der Waals surface area (Å²) in [6, 6.07) is 1.72. The summed E-state index contributed by atoms with van der Waals surface area (Å²) in [5.41, 5.74) is 6.33. The minimum atomic E-state index is -0.301. The first-order valence-corrected chi connectivity index (χ1v) is 6.69. The number of aromatic nitrogens is 2. The highest BCUT2D eigenvalue weighted by atomic mass is 32.2. The molecule has 5 nitrogen and oxygen atoms in total. The maximum absolute atomic E-state index is 11.2. The molecule has 96 valence electrons. The molecule has 1 aromatic rings. The Morgan fingerprint density at radius 3 is 2.88 bits per heavy atom. The van der Waals surface area contributed by atoms with Crippen LogP contribution in [0.2, 0.25) is 0 Å². The van der Waals surface area contributed by atoms with Gasteiger partial charge in [-0.2, -0.15) is 5.10 Å². The van der Waals surface area contributed by atoms with Gasteiger partial charge in [-0.25, -0.2) is 0 Å². The van der Waals surface area contributed by atoms with Gasteiger partial charge in [0.15, 0.2) is 0 Å². The van der Waals surface area contributed by atoms with E-state index in [1.165, 1.54) is 0 Å². The molecule has 3 N–H and O–H groups in total. The van der Waals surface area contributed by atoms with Gasteiger partial charge in [-0.05, 0) is 26.0 Å². The molecule has 17 heavy (non-hydrogen) atoms. The van der Waals surface area contributed by atoms with E-state index in [1.54, 1.807) is 11.8 Å². The Morgan fingerprint density at radius 1 is 1.71 bits per heavy atom. The maximum Gasteiger partial charge on any atom is 0.235 e. The van der Waals surface area contributed by atoms with E-state index < -0.39 is 0 Å². The summed E-state index contributed by atoms with van der Waals surface area (Å²) in [6.07, 6.45) is 0.985. The molecule has 0 aliphatic carbocycles. The van der Waals surface area contributed by atoms with Crippen molar-refractivity contribution in [3.05, 3.63) is 11.8 Å². The average molecular weight is 256 g/mol. The molecule has 1 amide bonds. The summed E-state index contributed by atoms with van der Waals surface area (Å²) in [7, 11) is 1.90. The monoisotopic (exact) mass is 256 g/mol. The minimum absolute atomic E-state index is 0.282. The van der Waals surface area contributed by atoms with Crippen molar-refractivity contribution in [2.75, 3.05) is 12.3 Å². The van der Waals surface area contributed by atoms with Crippen molar-refractivity contribution in [2.24, 2.45) is 12.8 Å². The third kappa shape index (κ3) is 4.40. The third-order valence-corrected chi connectivity index (χ3v) is 3.52. The van der Waals surface area contributed by atoms with Crippen LogP contribution in [0.5, 0.6) is 0 Å². The van der Waals surface area contributed by atoms with Crippen molar-refractivity contribution >= 4 is 17.7 Å². The van der Waals surface area contributed by atoms with E-state index >= 15 is 0 Å². The highest BCUT2D eigenvalue weighted by molar-refractivity contribution is 7.99. The molecular weight excluding hydrogens is 236 g/mol. The second-order valence-corrected chi connectivity index (χ2v) is 5.01. The fourth-order valence-corrected chi connectivity index (χ4v) is 2.55. The van der Waals surface area contributed by atoms with Gasteiger partial charge in [-0.1, -0.05) is 6.92 Å². The molecule has 0 saturated heterocycles. The summed E-state index contributed by atoms with van der Waals surface area (Å²) in [5, 5.41) is 8.44. The molecule has 0 saturated carbocycles. The predicted molar refractivity (Wildman–Crippen MR) is 69.9 cm³/mol. The summed E-state index contributed by atoms with van der Waals surface area (Å²) in [6.45, 7) is 4.81. The number of nitrogens with zero attached hydrogens (tertiary/aromatic N) is 2. The van der Waals surface area contributed by atoms with Gasteiger partial charge in [0.05, 0.1) is 16.8 Å². The van der Waals surface area contributed by atoms with Crippen LogP contribution in [-0.4, -0.2) is 34.0 Å². The van der Waals surface area contributed by atoms with Gasteiger partial charge in [0.1, 0.15) is 0 Å². The number of carbonyl (C=O) groups excluding carboxylic acids is 1. The van der Waals surface area contributed by atoms with E-state index in [2.05, 4.69) is 17.3 Å². The molecule has 1 aromatic heterocycles. The van der Waals surface area contributed by atoms with Gasteiger partial charge in [0.2, 0.25) is 5.91 Å². The first-order valence-electron chi connectivity index (χ1n) is 5.70. The topological polar surface area (TPSA) is 72.9 Å². The summed E-state index contributed by atoms with van der Waals surface area (Å²) in [5.74, 6) is 0.332. The molecule has 1 heterocycles. The summed E-state index contributed by atoms with van der Waals surface area (Å²) in [4.78, 5) is 11.2. The summed E-state index contributed by atoms with van der Waals surface area (Å²) >= 11 is 1.59. The molecule has 0 spiro atoms. The van der Waals surface area contributed by atoms with E-state index in [0.717, 1.165) is 23.7 Å². The van der Waals surface area contributed by atoms with Crippen molar-refractivity contribution in [1.82, 2.24) is 15.1 Å². The molecule has 0 aromatic carbocycles. The van der Waals surface area contributed by atoms with Gasteiger partial charge in [-0.15, -0.1) is 11.8 Å². The Morgan fingerprint density at radius 2 is 2.41 bits per heavy atom. The number of rotatable bonds is 7. The molecule has 0 aliphatic rings. The number of amides is 1. The second kappa shape index (κ2) is 6.66. The fraction of sp³-hybridized carbons (Fsp3) is 0.636. The van der Waals surface area contributed by atoms with Gasteiger partial charge in [0, 0.05) is 12.8 Å². The highest BCUT2D eigenvalue weighted by Gasteiger charge is 2.15. The van der Waals surface area contributed by atoms with E-state index in [-0.39, 0.29) is 11.9 Å². The Bertz CT molecular complexity index is 378. The number of carbonyl (C=O) groups is 1. The van der Waals surface area contributed by atoms with E-state index in [4.69, 9.17) is 5.73 Å². The zero-order chi connectivity index (χ0) is 12.8. The maximum atomic E-state index is 11.2. The average Bonchev–Trinajstić information content (AvgIpc) is 2.57. The number of hydrogen-bond donors (Lipinski definition) is 2. The molecule has 0 fully saturated rings. The Hall–Kier alpha value is -1.01. The lowest BCUT2D eigenvalue weighted by Crippen LogP contribution is -2.43. The van der Waals surface area contributed by atoms with Crippen LogP contribution in [-0.2, 0) is 11.8 Å². The Kier molecular flexibility index (Phi) is 5.50. The van der Waals surface area contributed by atoms with Gasteiger partial charge >= 0.3 is 0 Å². The number of primary amides is 1. The second-order valence-electron chi connectivity index (χ2n) is 3.97. The van der Waals surface area contributed by atoms with Crippen LogP contribution in [0.4, 0.5) is 0 Å². The van der Waals surface area contributed by atoms with Gasteiger partial charge < -0.3 is 11.1 Å². The summed E-state index contributed by atoms with van der Waals surface area (Å²) < 4.78 is 1.82. The Labute approximate surface area is 106 Å². The SMILES string of the molecule is CCCNC(CSc1cc(C)nn1C)C(N)=O. The smallest absolute Gasteiger partial charge is 0.235 e. The van der Waals surface area contributed by atoms with Crippen LogP contribution in [0.3, 0.4) is 0 Å². The van der Waals surface area contributed by atoms with Crippen LogP contribution < -0.4 is 11.1 Å². The van der Waals surface area contributed by atoms with E-state index in [0.29, 0.717) is 5.75 Å². The van der Waals surface area contributed by atoms with Crippen LogP contribution in [0, 0.1) is 6.92 Å². The van der Waals surface area contributed by atoms with E-state index in [1.807, 2.05) is 24.7 Å². The van der Waals surface area contributed by atoms with Gasteiger partial charge in [0.25, 0.3) is 0 Å². The Balaban J connectivity index is 2.51. The van der Waals surface area contributed by atoms with Crippen molar-refractivity contribution in [3.8, 4) is 0 Å². The fourth-order valence-electron chi connectivity index (χ4n) is 1.45. The normalized spacial score (nSPS) is 12.6. The standard InChI is InChI=1S/C11H20N4OS/c1-4-5-13-9(11(12)16)7-17-10-6-8(2)14-15(10)3/h6,9,13H,4-5,7H2,1-3H3,(H2,12,16). The third-order valence-electron chi connectivity index (χ3n) is 2.34. The zero-order valence-electron chi connectivity index (χ0n) is 10.6. The van der Waals surface area contributed by atoms with Crippen molar-refractivity contribution in [2.45, 2.75) is 31.3 Å². The lowest BCUT2D eigenvalue weighted by molar-refractivity contribution is -0.119. The molecule has 0 aliphatic heterocycles. The zero-order valence-corrected chi connectivity index (χ0v) is 11.4. The van der Waals surface area contributed by atoms with Gasteiger partial charge in [-0.3, -0.25) is 9.48 Å². The molecular formula is C11H20N4OS. The van der Waals surface area contributed by atoms with Crippen molar-refractivity contribution in [3.63, 3.8) is 0 Å². The minimum Gasteiger partial charge on any atom is -0.368 e. The molecule has 6 heteroatoms. The highest BCUT2D eigenvalue weighted by Crippen LogP contribution is 2.18. The number of thioether (sulfide) groups is 1. The lowest BCUT2D eigenvalue weighted by atomic mass is 10.3. The largest absolute Gasteiger partial charge is 0.368 e.